The first-order valence-corrected chi connectivity index (χ1v) is 12.8. The molecule has 1 saturated carbocycles. The highest BCUT2D eigenvalue weighted by atomic mass is 32.2. The average Bonchev–Trinajstić information content (AvgIpc) is 2.74. The number of sulfonamides is 1. The summed E-state index contributed by atoms with van der Waals surface area (Å²) in [4.78, 5) is 25.2. The van der Waals surface area contributed by atoms with Crippen LogP contribution in [0.15, 0.2) is 29.2 Å². The summed E-state index contributed by atoms with van der Waals surface area (Å²) in [6.07, 6.45) is 2.83. The van der Waals surface area contributed by atoms with E-state index in [4.69, 9.17) is 9.47 Å². The van der Waals surface area contributed by atoms with Crippen molar-refractivity contribution in [2.45, 2.75) is 82.6 Å². The maximum atomic E-state index is 13.1. The van der Waals surface area contributed by atoms with Crippen LogP contribution >= 0.6 is 0 Å². The monoisotopic (exact) mass is 466 g/mol. The summed E-state index contributed by atoms with van der Waals surface area (Å²) in [6.45, 7) is 7.79. The minimum absolute atomic E-state index is 0.0152. The van der Waals surface area contributed by atoms with Gasteiger partial charge in [-0.05, 0) is 57.7 Å². The van der Waals surface area contributed by atoms with Gasteiger partial charge in [0.1, 0.15) is 0 Å². The molecule has 3 rings (SSSR count). The molecule has 9 heteroatoms. The molecule has 8 nitrogen and oxygen atoms in total. The quantitative estimate of drug-likeness (QED) is 0.647. The molecule has 0 aromatic heterocycles. The number of nitrogens with one attached hydrogen (secondary N) is 1. The Morgan fingerprint density at radius 1 is 1.12 bits per heavy atom. The van der Waals surface area contributed by atoms with E-state index in [9.17, 15) is 18.0 Å². The van der Waals surface area contributed by atoms with Crippen molar-refractivity contribution in [2.75, 3.05) is 13.1 Å². The molecule has 0 radical (unpaired) electrons. The Morgan fingerprint density at radius 2 is 1.78 bits per heavy atom. The van der Waals surface area contributed by atoms with E-state index in [-0.39, 0.29) is 47.7 Å². The number of esters is 1. The first-order valence-electron chi connectivity index (χ1n) is 11.3. The molecule has 1 aromatic rings. The number of ether oxygens (including phenoxy) is 2. The highest BCUT2D eigenvalue weighted by Gasteiger charge is 2.33. The van der Waals surface area contributed by atoms with E-state index in [1.165, 1.54) is 41.9 Å². The van der Waals surface area contributed by atoms with Crippen LogP contribution in [-0.4, -0.2) is 62.0 Å². The van der Waals surface area contributed by atoms with Crippen LogP contribution in [0.3, 0.4) is 0 Å². The molecule has 32 heavy (non-hydrogen) atoms. The fourth-order valence-corrected chi connectivity index (χ4v) is 6.01. The Hall–Kier alpha value is -1.97. The standard InChI is InChI=1S/C23H34N2O6S/c1-15-8-5-6-11-21(15)24-22(26)18(4)31-23(27)19-9-7-10-20(12-19)32(28,29)25-13-16(2)30-17(3)14-25/h7,9-10,12,15-18,21H,5-6,8,11,13-14H2,1-4H3,(H,24,26)/t15-,16-,17+,18-,21-/m1/s1. The van der Waals surface area contributed by atoms with Crippen LogP contribution < -0.4 is 5.32 Å². The molecule has 1 aliphatic carbocycles. The molecule has 1 N–H and O–H groups in total. The number of morpholine rings is 1. The van der Waals surface area contributed by atoms with Crippen molar-refractivity contribution in [3.8, 4) is 0 Å². The number of carbonyl (C=O) groups excluding carboxylic acids is 2. The third-order valence-electron chi connectivity index (χ3n) is 6.19. The second-order valence-corrected chi connectivity index (χ2v) is 11.0. The molecular weight excluding hydrogens is 432 g/mol. The van der Waals surface area contributed by atoms with Crippen LogP contribution in [0.5, 0.6) is 0 Å². The van der Waals surface area contributed by atoms with Gasteiger partial charge in [0.05, 0.1) is 22.7 Å². The van der Waals surface area contributed by atoms with Crippen LogP contribution in [0, 0.1) is 5.92 Å². The van der Waals surface area contributed by atoms with Crippen LogP contribution in [0.25, 0.3) is 0 Å². The number of carbonyl (C=O) groups is 2. The number of amides is 1. The van der Waals surface area contributed by atoms with Gasteiger partial charge in [0.15, 0.2) is 6.10 Å². The van der Waals surface area contributed by atoms with Gasteiger partial charge >= 0.3 is 5.97 Å². The van der Waals surface area contributed by atoms with Crippen molar-refractivity contribution in [1.82, 2.24) is 9.62 Å². The smallest absolute Gasteiger partial charge is 0.338 e. The van der Waals surface area contributed by atoms with Gasteiger partial charge in [-0.1, -0.05) is 25.8 Å². The Bertz CT molecular complexity index is 924. The Kier molecular flexibility index (Phi) is 7.95. The van der Waals surface area contributed by atoms with Crippen molar-refractivity contribution < 1.29 is 27.5 Å². The maximum absolute atomic E-state index is 13.1. The molecule has 1 aromatic carbocycles. The topological polar surface area (TPSA) is 102 Å². The molecule has 5 atom stereocenters. The Balaban J connectivity index is 1.66. The molecule has 0 spiro atoms. The summed E-state index contributed by atoms with van der Waals surface area (Å²) in [6, 6.07) is 5.84. The predicted octanol–water partition coefficient (Wildman–Crippen LogP) is 2.72. The molecular formula is C23H34N2O6S. The molecule has 2 aliphatic rings. The first kappa shape index (κ1) is 24.7. The summed E-state index contributed by atoms with van der Waals surface area (Å²) in [5.41, 5.74) is 0.0890. The lowest BCUT2D eigenvalue weighted by Crippen LogP contribution is -2.48. The van der Waals surface area contributed by atoms with Crippen molar-refractivity contribution in [3.63, 3.8) is 0 Å². The molecule has 1 heterocycles. The lowest BCUT2D eigenvalue weighted by Gasteiger charge is -2.34. The van der Waals surface area contributed by atoms with E-state index in [2.05, 4.69) is 12.2 Å². The zero-order valence-corrected chi connectivity index (χ0v) is 20.1. The Morgan fingerprint density at radius 3 is 2.44 bits per heavy atom. The normalized spacial score (nSPS) is 28.0. The molecule has 178 valence electrons. The summed E-state index contributed by atoms with van der Waals surface area (Å²) in [7, 11) is -3.79. The largest absolute Gasteiger partial charge is 0.449 e. The highest BCUT2D eigenvalue weighted by molar-refractivity contribution is 7.89. The third kappa shape index (κ3) is 5.88. The molecule has 1 saturated heterocycles. The van der Waals surface area contributed by atoms with Gasteiger partial charge in [-0.2, -0.15) is 4.31 Å². The average molecular weight is 467 g/mol. The molecule has 0 bridgehead atoms. The number of benzene rings is 1. The Labute approximate surface area is 190 Å². The van der Waals surface area contributed by atoms with E-state index >= 15 is 0 Å². The summed E-state index contributed by atoms with van der Waals surface area (Å²) >= 11 is 0. The maximum Gasteiger partial charge on any atom is 0.338 e. The van der Waals surface area contributed by atoms with Crippen LogP contribution in [0.1, 0.15) is 63.7 Å². The second kappa shape index (κ2) is 10.3. The molecule has 0 unspecified atom stereocenters. The molecule has 1 aliphatic heterocycles. The molecule has 2 fully saturated rings. The van der Waals surface area contributed by atoms with Gasteiger partial charge in [0.25, 0.3) is 5.91 Å². The van der Waals surface area contributed by atoms with Crippen molar-refractivity contribution in [1.29, 1.82) is 0 Å². The lowest BCUT2D eigenvalue weighted by atomic mass is 9.86. The third-order valence-corrected chi connectivity index (χ3v) is 8.01. The predicted molar refractivity (Wildman–Crippen MR) is 120 cm³/mol. The van der Waals surface area contributed by atoms with E-state index < -0.39 is 22.1 Å². The number of hydrogen-bond acceptors (Lipinski definition) is 6. The summed E-state index contributed by atoms with van der Waals surface area (Å²) in [5, 5.41) is 2.98. The van der Waals surface area contributed by atoms with Crippen molar-refractivity contribution in [3.05, 3.63) is 29.8 Å². The van der Waals surface area contributed by atoms with Gasteiger partial charge in [-0.15, -0.1) is 0 Å². The zero-order valence-electron chi connectivity index (χ0n) is 19.2. The van der Waals surface area contributed by atoms with Gasteiger partial charge in [-0.3, -0.25) is 4.79 Å². The van der Waals surface area contributed by atoms with Gasteiger partial charge in [-0.25, -0.2) is 13.2 Å². The first-order chi connectivity index (χ1) is 15.1. The minimum Gasteiger partial charge on any atom is -0.449 e. The second-order valence-electron chi connectivity index (χ2n) is 9.03. The molecule has 1 amide bonds. The summed E-state index contributed by atoms with van der Waals surface area (Å²) in [5.74, 6) is -0.676. The summed E-state index contributed by atoms with van der Waals surface area (Å²) < 4.78 is 38.5. The van der Waals surface area contributed by atoms with Gasteiger partial charge in [0, 0.05) is 19.1 Å². The van der Waals surface area contributed by atoms with E-state index in [1.807, 2.05) is 13.8 Å². The van der Waals surface area contributed by atoms with Crippen molar-refractivity contribution >= 4 is 21.9 Å². The van der Waals surface area contributed by atoms with Crippen LogP contribution in [-0.2, 0) is 24.3 Å². The van der Waals surface area contributed by atoms with E-state index in [1.54, 1.807) is 0 Å². The van der Waals surface area contributed by atoms with Gasteiger partial charge < -0.3 is 14.8 Å². The number of rotatable bonds is 6. The minimum atomic E-state index is -3.79. The van der Waals surface area contributed by atoms with E-state index in [0.717, 1.165) is 19.3 Å². The van der Waals surface area contributed by atoms with E-state index in [0.29, 0.717) is 5.92 Å². The fourth-order valence-electron chi connectivity index (χ4n) is 4.37. The zero-order chi connectivity index (χ0) is 23.5. The van der Waals surface area contributed by atoms with Crippen LogP contribution in [0.2, 0.25) is 0 Å². The lowest BCUT2D eigenvalue weighted by molar-refractivity contribution is -0.130. The van der Waals surface area contributed by atoms with Crippen molar-refractivity contribution in [2.24, 2.45) is 5.92 Å². The number of hydrogen-bond donors (Lipinski definition) is 1. The van der Waals surface area contributed by atoms with Gasteiger partial charge in [0.2, 0.25) is 10.0 Å². The number of nitrogens with zero attached hydrogens (tertiary/aromatic N) is 1. The fraction of sp³-hybridized carbons (Fsp3) is 0.652. The highest BCUT2D eigenvalue weighted by Crippen LogP contribution is 2.24. The SMILES string of the molecule is C[C@@H]1CN(S(=O)(=O)c2cccc(C(=O)O[C@H](C)C(=O)N[C@@H]3CCCC[C@H]3C)c2)C[C@H](C)O1. The van der Waals surface area contributed by atoms with Crippen LogP contribution in [0.4, 0.5) is 0 Å².